The minimum atomic E-state index is -0.917. The molecule has 2 aromatic carbocycles. The average molecular weight is 569 g/mol. The van der Waals surface area contributed by atoms with Crippen LogP contribution in [0.1, 0.15) is 31.2 Å². The van der Waals surface area contributed by atoms with E-state index in [9.17, 15) is 9.59 Å². The van der Waals surface area contributed by atoms with Gasteiger partial charge in [0.05, 0.1) is 11.7 Å². The van der Waals surface area contributed by atoms with Crippen molar-refractivity contribution in [1.29, 1.82) is 0 Å². The van der Waals surface area contributed by atoms with Gasteiger partial charge in [-0.05, 0) is 85.2 Å². The standard InChI is InChI=1S/C30H36N10O2/c1-39(2)30-33-17-24(18-34-30)21-7-3-19(4-8-21)15-26(32)29(42)40(28(41)23-9-5-20(16-31)6-10-23)25-13-11-22(12-14-25)27-35-37-38-36-27/h3-4,7-8,11-14,17-18,20,23,26H,5-6,9-10,15-16,31-32H2,1-2H3,(H,35,36,37,38)/t20?,23?,26-/m0/s1. The number of benzene rings is 2. The van der Waals surface area contributed by atoms with E-state index in [0.717, 1.165) is 29.5 Å². The lowest BCUT2D eigenvalue weighted by Crippen LogP contribution is -2.50. The number of carbonyl (C=O) groups excluding carboxylic acids is 2. The van der Waals surface area contributed by atoms with Crippen LogP contribution in [0.4, 0.5) is 11.6 Å². The Hall–Kier alpha value is -4.55. The zero-order valence-corrected chi connectivity index (χ0v) is 23.8. The van der Waals surface area contributed by atoms with Gasteiger partial charge in [0.1, 0.15) is 0 Å². The third-order valence-corrected chi connectivity index (χ3v) is 7.80. The quantitative estimate of drug-likeness (QED) is 0.272. The number of anilines is 2. The van der Waals surface area contributed by atoms with Crippen molar-refractivity contribution in [1.82, 2.24) is 30.6 Å². The van der Waals surface area contributed by atoms with E-state index in [4.69, 9.17) is 11.5 Å². The Kier molecular flexibility index (Phi) is 8.94. The van der Waals surface area contributed by atoms with Gasteiger partial charge in [0.25, 0.3) is 5.91 Å². The van der Waals surface area contributed by atoms with Crippen LogP contribution in [0, 0.1) is 11.8 Å². The lowest BCUT2D eigenvalue weighted by Gasteiger charge is -2.32. The molecule has 0 saturated heterocycles. The van der Waals surface area contributed by atoms with Gasteiger partial charge in [0, 0.05) is 43.5 Å². The SMILES string of the molecule is CN(C)c1ncc(-c2ccc(C[C@H](N)C(=O)N(C(=O)C3CCC(CN)CC3)c3ccc(-c4nn[nH]n4)cc3)cc2)cn1. The Morgan fingerprint density at radius 2 is 1.57 bits per heavy atom. The van der Waals surface area contributed by atoms with Crippen molar-refractivity contribution in [2.24, 2.45) is 23.3 Å². The summed E-state index contributed by atoms with van der Waals surface area (Å²) in [6.07, 6.45) is 6.96. The molecular weight excluding hydrogens is 532 g/mol. The van der Waals surface area contributed by atoms with E-state index in [0.29, 0.717) is 48.3 Å². The van der Waals surface area contributed by atoms with Gasteiger partial charge in [0.15, 0.2) is 0 Å². The maximum atomic E-state index is 13.8. The highest BCUT2D eigenvalue weighted by Crippen LogP contribution is 2.32. The van der Waals surface area contributed by atoms with Gasteiger partial charge in [-0.3, -0.25) is 9.59 Å². The molecule has 5 N–H and O–H groups in total. The number of rotatable bonds is 9. The van der Waals surface area contributed by atoms with Crippen molar-refractivity contribution < 1.29 is 9.59 Å². The summed E-state index contributed by atoms with van der Waals surface area (Å²) < 4.78 is 0. The monoisotopic (exact) mass is 568 g/mol. The van der Waals surface area contributed by atoms with Crippen molar-refractivity contribution in [3.05, 3.63) is 66.5 Å². The molecule has 42 heavy (non-hydrogen) atoms. The number of carbonyl (C=O) groups is 2. The first-order valence-corrected chi connectivity index (χ1v) is 14.1. The molecule has 2 heterocycles. The van der Waals surface area contributed by atoms with E-state index in [1.807, 2.05) is 43.3 Å². The number of nitrogens with zero attached hydrogens (tertiary/aromatic N) is 7. The van der Waals surface area contributed by atoms with Gasteiger partial charge in [0.2, 0.25) is 17.7 Å². The summed E-state index contributed by atoms with van der Waals surface area (Å²) in [4.78, 5) is 39.5. The molecule has 2 aromatic heterocycles. The number of tetrazole rings is 1. The predicted molar refractivity (Wildman–Crippen MR) is 160 cm³/mol. The van der Waals surface area contributed by atoms with Crippen molar-refractivity contribution in [2.75, 3.05) is 30.4 Å². The summed E-state index contributed by atoms with van der Waals surface area (Å²) in [5.74, 6) is 0.540. The van der Waals surface area contributed by atoms with E-state index >= 15 is 0 Å². The smallest absolute Gasteiger partial charge is 0.251 e. The number of imide groups is 1. The van der Waals surface area contributed by atoms with E-state index in [2.05, 4.69) is 30.6 Å². The Bertz CT molecular complexity index is 1460. The van der Waals surface area contributed by atoms with Crippen LogP contribution in [0.2, 0.25) is 0 Å². The molecule has 1 atom stereocenters. The second kappa shape index (κ2) is 13.0. The molecule has 5 rings (SSSR count). The van der Waals surface area contributed by atoms with Crippen LogP contribution in [0.15, 0.2) is 60.9 Å². The molecule has 1 aliphatic carbocycles. The summed E-state index contributed by atoms with van der Waals surface area (Å²) in [5.41, 5.74) is 16.2. The second-order valence-electron chi connectivity index (χ2n) is 10.9. The molecule has 1 fully saturated rings. The van der Waals surface area contributed by atoms with Crippen LogP contribution in [-0.2, 0) is 16.0 Å². The highest BCUT2D eigenvalue weighted by Gasteiger charge is 2.35. The van der Waals surface area contributed by atoms with Gasteiger partial charge >= 0.3 is 0 Å². The normalized spacial score (nSPS) is 17.4. The fraction of sp³-hybridized carbons (Fsp3) is 0.367. The van der Waals surface area contributed by atoms with Crippen molar-refractivity contribution in [3.63, 3.8) is 0 Å². The van der Waals surface area contributed by atoms with E-state index in [1.54, 1.807) is 36.7 Å². The van der Waals surface area contributed by atoms with Gasteiger partial charge in [-0.1, -0.05) is 24.3 Å². The lowest BCUT2D eigenvalue weighted by atomic mass is 9.81. The Labute approximate surface area is 244 Å². The van der Waals surface area contributed by atoms with E-state index < -0.39 is 11.9 Å². The number of aromatic nitrogens is 6. The first-order valence-electron chi connectivity index (χ1n) is 14.1. The van der Waals surface area contributed by atoms with Gasteiger partial charge in [-0.2, -0.15) is 5.21 Å². The molecule has 12 nitrogen and oxygen atoms in total. The van der Waals surface area contributed by atoms with Crippen LogP contribution >= 0.6 is 0 Å². The molecule has 12 heteroatoms. The Morgan fingerprint density at radius 3 is 2.14 bits per heavy atom. The number of nitrogens with one attached hydrogen (secondary N) is 1. The molecule has 0 spiro atoms. The molecule has 0 radical (unpaired) electrons. The number of hydrogen-bond donors (Lipinski definition) is 3. The first kappa shape index (κ1) is 29.0. The van der Waals surface area contributed by atoms with Gasteiger partial charge in [-0.15, -0.1) is 10.2 Å². The number of nitrogens with two attached hydrogens (primary N) is 2. The highest BCUT2D eigenvalue weighted by molar-refractivity contribution is 6.17. The largest absolute Gasteiger partial charge is 0.347 e. The fourth-order valence-electron chi connectivity index (χ4n) is 5.28. The molecule has 0 aliphatic heterocycles. The van der Waals surface area contributed by atoms with Crippen LogP contribution in [-0.4, -0.2) is 69.1 Å². The molecular formula is C30H36N10O2. The summed E-state index contributed by atoms with van der Waals surface area (Å²) >= 11 is 0. The Balaban J connectivity index is 1.33. The molecule has 1 saturated carbocycles. The fourth-order valence-corrected chi connectivity index (χ4v) is 5.28. The molecule has 0 bridgehead atoms. The summed E-state index contributed by atoms with van der Waals surface area (Å²) in [5, 5.41) is 14.0. The Morgan fingerprint density at radius 1 is 0.929 bits per heavy atom. The van der Waals surface area contributed by atoms with Gasteiger partial charge in [-0.25, -0.2) is 14.9 Å². The third kappa shape index (κ3) is 6.50. The molecule has 2 amide bonds. The maximum Gasteiger partial charge on any atom is 0.251 e. The molecule has 1 aliphatic rings. The van der Waals surface area contributed by atoms with Crippen molar-refractivity contribution >= 4 is 23.5 Å². The second-order valence-corrected chi connectivity index (χ2v) is 10.9. The molecule has 0 unspecified atom stereocenters. The van der Waals surface area contributed by atoms with Crippen LogP contribution in [0.25, 0.3) is 22.5 Å². The zero-order chi connectivity index (χ0) is 29.6. The predicted octanol–water partition coefficient (Wildman–Crippen LogP) is 2.58. The van der Waals surface area contributed by atoms with Crippen molar-refractivity contribution in [2.45, 2.75) is 38.1 Å². The minimum absolute atomic E-state index is 0.227. The lowest BCUT2D eigenvalue weighted by molar-refractivity contribution is -0.130. The van der Waals surface area contributed by atoms with E-state index in [1.165, 1.54) is 4.90 Å². The summed E-state index contributed by atoms with van der Waals surface area (Å²) in [7, 11) is 3.78. The maximum absolute atomic E-state index is 13.8. The summed E-state index contributed by atoms with van der Waals surface area (Å²) in [6, 6.07) is 13.8. The number of hydrogen-bond acceptors (Lipinski definition) is 10. The number of H-pyrrole nitrogens is 1. The average Bonchev–Trinajstić information content (AvgIpc) is 3.57. The van der Waals surface area contributed by atoms with E-state index in [-0.39, 0.29) is 18.2 Å². The topological polar surface area (TPSA) is 173 Å². The zero-order valence-electron chi connectivity index (χ0n) is 23.8. The van der Waals surface area contributed by atoms with Gasteiger partial charge < -0.3 is 16.4 Å². The minimum Gasteiger partial charge on any atom is -0.347 e. The van der Waals surface area contributed by atoms with Crippen LogP contribution in [0.3, 0.4) is 0 Å². The summed E-state index contributed by atoms with van der Waals surface area (Å²) in [6.45, 7) is 0.610. The first-order chi connectivity index (χ1) is 20.3. The highest BCUT2D eigenvalue weighted by atomic mass is 16.2. The van der Waals surface area contributed by atoms with Crippen LogP contribution in [0.5, 0.6) is 0 Å². The third-order valence-electron chi connectivity index (χ3n) is 7.80. The van der Waals surface area contributed by atoms with Crippen molar-refractivity contribution in [3.8, 4) is 22.5 Å². The number of amides is 2. The number of aromatic amines is 1. The van der Waals surface area contributed by atoms with Crippen LogP contribution < -0.4 is 21.3 Å². The molecule has 218 valence electrons. The molecule has 4 aromatic rings.